The van der Waals surface area contributed by atoms with Crippen LogP contribution >= 0.6 is 34.8 Å². The van der Waals surface area contributed by atoms with Crippen LogP contribution in [0, 0.1) is 6.92 Å². The average Bonchev–Trinajstić information content (AvgIpc) is 2.07. The summed E-state index contributed by atoms with van der Waals surface area (Å²) in [5, 5.41) is 18.9. The van der Waals surface area contributed by atoms with E-state index >= 15 is 0 Å². The Bertz CT molecular complexity index is 333. The lowest BCUT2D eigenvalue weighted by atomic mass is 10.1. The maximum atomic E-state index is 9.57. The van der Waals surface area contributed by atoms with E-state index in [4.69, 9.17) is 34.8 Å². The lowest BCUT2D eigenvalue weighted by Crippen LogP contribution is -2.16. The van der Waals surface area contributed by atoms with E-state index in [-0.39, 0.29) is 5.75 Å². The normalized spacial score (nSPS) is 14.1. The second-order valence-electron chi connectivity index (χ2n) is 2.99. The highest BCUT2D eigenvalue weighted by Gasteiger charge is 2.32. The summed E-state index contributed by atoms with van der Waals surface area (Å²) < 4.78 is -1.79. The molecule has 0 fully saturated rings. The van der Waals surface area contributed by atoms with E-state index in [0.717, 1.165) is 0 Å². The number of alkyl halides is 3. The smallest absolute Gasteiger partial charge is 0.220 e. The first-order valence-corrected chi connectivity index (χ1v) is 5.00. The Balaban J connectivity index is 3.03. The van der Waals surface area contributed by atoms with Crippen molar-refractivity contribution in [3.63, 3.8) is 0 Å². The molecule has 2 nitrogen and oxygen atoms in total. The number of hydrogen-bond donors (Lipinski definition) is 2. The van der Waals surface area contributed by atoms with Gasteiger partial charge in [-0.25, -0.2) is 0 Å². The van der Waals surface area contributed by atoms with E-state index in [1.165, 1.54) is 6.07 Å². The summed E-state index contributed by atoms with van der Waals surface area (Å²) >= 11 is 16.5. The molecular weight excluding hydrogens is 246 g/mol. The van der Waals surface area contributed by atoms with Crippen LogP contribution in [0.15, 0.2) is 18.2 Å². The second-order valence-corrected chi connectivity index (χ2v) is 5.36. The van der Waals surface area contributed by atoms with Crippen molar-refractivity contribution in [2.45, 2.75) is 16.8 Å². The lowest BCUT2D eigenvalue weighted by molar-refractivity contribution is 0.182. The van der Waals surface area contributed by atoms with Crippen molar-refractivity contribution >= 4 is 34.8 Å². The molecule has 0 aliphatic heterocycles. The molecule has 0 spiro atoms. The van der Waals surface area contributed by atoms with Crippen molar-refractivity contribution < 1.29 is 10.2 Å². The molecule has 1 rings (SSSR count). The number of phenols is 1. The monoisotopic (exact) mass is 254 g/mol. The number of aliphatic hydroxyl groups is 1. The largest absolute Gasteiger partial charge is 0.508 e. The summed E-state index contributed by atoms with van der Waals surface area (Å²) in [4.78, 5) is 0. The fourth-order valence-corrected chi connectivity index (χ4v) is 1.36. The molecule has 1 atom stereocenters. The molecule has 0 amide bonds. The third-order valence-corrected chi connectivity index (χ3v) is 2.48. The number of phenolic OH excluding ortho intramolecular Hbond substituents is 1. The number of rotatable bonds is 1. The van der Waals surface area contributed by atoms with Crippen molar-refractivity contribution in [2.24, 2.45) is 0 Å². The summed E-state index contributed by atoms with van der Waals surface area (Å²) in [6.45, 7) is 1.74. The Hall–Kier alpha value is -0.150. The summed E-state index contributed by atoms with van der Waals surface area (Å²) in [5.74, 6) is 0.0656. The molecule has 1 unspecified atom stereocenters. The van der Waals surface area contributed by atoms with Crippen LogP contribution in [0.4, 0.5) is 0 Å². The molecule has 78 valence electrons. The number of hydrogen-bond acceptors (Lipinski definition) is 2. The minimum Gasteiger partial charge on any atom is -0.508 e. The van der Waals surface area contributed by atoms with Gasteiger partial charge in [0.1, 0.15) is 11.9 Å². The first kappa shape index (κ1) is 11.9. The van der Waals surface area contributed by atoms with Gasteiger partial charge in [-0.3, -0.25) is 0 Å². The first-order valence-electron chi connectivity index (χ1n) is 3.86. The predicted molar refractivity (Wildman–Crippen MR) is 58.1 cm³/mol. The first-order chi connectivity index (χ1) is 6.32. The predicted octanol–water partition coefficient (Wildman–Crippen LogP) is 3.10. The summed E-state index contributed by atoms with van der Waals surface area (Å²) in [5.41, 5.74) is 1.07. The van der Waals surface area contributed by atoms with E-state index in [9.17, 15) is 10.2 Å². The minimum absolute atomic E-state index is 0.0656. The Kier molecular flexibility index (Phi) is 3.53. The number of aromatic hydroxyl groups is 1. The molecule has 14 heavy (non-hydrogen) atoms. The second kappa shape index (κ2) is 4.15. The standard InChI is InChI=1S/C9H9Cl3O2/c1-5-2-3-6(4-7(5)13)8(14)9(10,11)12/h2-4,8,13-14H,1H3. The zero-order valence-corrected chi connectivity index (χ0v) is 9.61. The van der Waals surface area contributed by atoms with Gasteiger partial charge in [0.15, 0.2) is 0 Å². The van der Waals surface area contributed by atoms with Crippen LogP contribution in [-0.4, -0.2) is 14.0 Å². The molecule has 1 aromatic rings. The van der Waals surface area contributed by atoms with Gasteiger partial charge >= 0.3 is 0 Å². The Morgan fingerprint density at radius 2 is 1.86 bits per heavy atom. The molecule has 5 heteroatoms. The van der Waals surface area contributed by atoms with E-state index < -0.39 is 9.90 Å². The number of benzene rings is 1. The van der Waals surface area contributed by atoms with Gasteiger partial charge in [0, 0.05) is 0 Å². The fourth-order valence-electron chi connectivity index (χ4n) is 0.985. The van der Waals surface area contributed by atoms with Crippen molar-refractivity contribution in [3.8, 4) is 5.75 Å². The van der Waals surface area contributed by atoms with Gasteiger partial charge in [0.2, 0.25) is 3.79 Å². The average molecular weight is 256 g/mol. The zero-order chi connectivity index (χ0) is 10.9. The Morgan fingerprint density at radius 1 is 1.29 bits per heavy atom. The van der Waals surface area contributed by atoms with E-state index in [1.54, 1.807) is 19.1 Å². The molecule has 1 aromatic carbocycles. The van der Waals surface area contributed by atoms with Gasteiger partial charge in [-0.2, -0.15) is 0 Å². The van der Waals surface area contributed by atoms with Crippen LogP contribution in [-0.2, 0) is 0 Å². The van der Waals surface area contributed by atoms with E-state index in [2.05, 4.69) is 0 Å². The van der Waals surface area contributed by atoms with Crippen LogP contribution < -0.4 is 0 Å². The van der Waals surface area contributed by atoms with Crippen LogP contribution in [0.5, 0.6) is 5.75 Å². The lowest BCUT2D eigenvalue weighted by Gasteiger charge is -2.19. The van der Waals surface area contributed by atoms with Crippen molar-refractivity contribution in [1.82, 2.24) is 0 Å². The van der Waals surface area contributed by atoms with Gasteiger partial charge in [0.05, 0.1) is 0 Å². The van der Waals surface area contributed by atoms with Gasteiger partial charge in [0.25, 0.3) is 0 Å². The third-order valence-electron chi connectivity index (χ3n) is 1.86. The minimum atomic E-state index is -1.79. The molecule has 0 bridgehead atoms. The summed E-state index contributed by atoms with van der Waals surface area (Å²) in [7, 11) is 0. The molecule has 0 aliphatic rings. The quantitative estimate of drug-likeness (QED) is 0.757. The number of halogens is 3. The third kappa shape index (κ3) is 2.67. The van der Waals surface area contributed by atoms with Crippen molar-refractivity contribution in [3.05, 3.63) is 29.3 Å². The van der Waals surface area contributed by atoms with Crippen molar-refractivity contribution in [1.29, 1.82) is 0 Å². The SMILES string of the molecule is Cc1ccc(C(O)C(Cl)(Cl)Cl)cc1O. The number of aryl methyl sites for hydroxylation is 1. The summed E-state index contributed by atoms with van der Waals surface area (Å²) in [6, 6.07) is 4.62. The highest BCUT2D eigenvalue weighted by Crippen LogP contribution is 2.40. The Labute approximate surface area is 97.0 Å². The fraction of sp³-hybridized carbons (Fsp3) is 0.333. The van der Waals surface area contributed by atoms with Crippen LogP contribution in [0.25, 0.3) is 0 Å². The molecular formula is C9H9Cl3O2. The maximum Gasteiger partial charge on any atom is 0.220 e. The maximum absolute atomic E-state index is 9.57. The van der Waals surface area contributed by atoms with E-state index in [1.807, 2.05) is 0 Å². The molecule has 2 N–H and O–H groups in total. The van der Waals surface area contributed by atoms with Crippen LogP contribution in [0.3, 0.4) is 0 Å². The highest BCUT2D eigenvalue weighted by molar-refractivity contribution is 6.68. The highest BCUT2D eigenvalue weighted by atomic mass is 35.6. The molecule has 0 aromatic heterocycles. The topological polar surface area (TPSA) is 40.5 Å². The Morgan fingerprint density at radius 3 is 2.29 bits per heavy atom. The van der Waals surface area contributed by atoms with Gasteiger partial charge < -0.3 is 10.2 Å². The van der Waals surface area contributed by atoms with Gasteiger partial charge in [-0.1, -0.05) is 46.9 Å². The van der Waals surface area contributed by atoms with Gasteiger partial charge in [-0.05, 0) is 24.1 Å². The molecule has 0 radical (unpaired) electrons. The van der Waals surface area contributed by atoms with Gasteiger partial charge in [-0.15, -0.1) is 0 Å². The molecule has 0 aliphatic carbocycles. The zero-order valence-electron chi connectivity index (χ0n) is 7.34. The molecule has 0 saturated carbocycles. The summed E-state index contributed by atoms with van der Waals surface area (Å²) in [6.07, 6.45) is -1.25. The number of aliphatic hydroxyl groups excluding tert-OH is 1. The van der Waals surface area contributed by atoms with Crippen LogP contribution in [0.1, 0.15) is 17.2 Å². The molecule has 0 saturated heterocycles. The van der Waals surface area contributed by atoms with Crippen LogP contribution in [0.2, 0.25) is 0 Å². The molecule has 0 heterocycles. The van der Waals surface area contributed by atoms with Crippen molar-refractivity contribution in [2.75, 3.05) is 0 Å². The van der Waals surface area contributed by atoms with E-state index in [0.29, 0.717) is 11.1 Å².